The molecule has 0 fully saturated rings. The molecule has 1 aromatic rings. The number of nitrogens with zero attached hydrogens (tertiary/aromatic N) is 2. The van der Waals surface area contributed by atoms with Crippen LogP contribution in [0, 0.1) is 6.92 Å². The summed E-state index contributed by atoms with van der Waals surface area (Å²) in [6.07, 6.45) is 1.16. The summed E-state index contributed by atoms with van der Waals surface area (Å²) in [5.41, 5.74) is 0.261. The number of ether oxygens (including phenoxy) is 1. The number of carboxylic acid groups (broad SMARTS) is 1. The molecule has 0 aliphatic rings. The number of hydrogen-bond acceptors (Lipinski definition) is 5. The Balaban J connectivity index is 0.00000144. The summed E-state index contributed by atoms with van der Waals surface area (Å²) in [6, 6.07) is 0. The zero-order valence-electron chi connectivity index (χ0n) is 7.70. The summed E-state index contributed by atoms with van der Waals surface area (Å²) >= 11 is 0. The Morgan fingerprint density at radius 3 is 2.54 bits per heavy atom. The smallest absolute Gasteiger partial charge is 0.543 e. The predicted octanol–water partition coefficient (Wildman–Crippen LogP) is -3.84. The van der Waals surface area contributed by atoms with Gasteiger partial charge in [-0.05, 0) is 6.92 Å². The molecule has 1 aromatic heterocycles. The fraction of sp³-hybridized carbons (Fsp3) is 0.286. The first kappa shape index (κ1) is 11.9. The molecule has 6 heteroatoms. The second-order valence-corrected chi connectivity index (χ2v) is 2.13. The quantitative estimate of drug-likeness (QED) is 0.429. The van der Waals surface area contributed by atoms with Crippen LogP contribution >= 0.6 is 0 Å². The van der Waals surface area contributed by atoms with Crippen molar-refractivity contribution in [3.8, 4) is 5.75 Å². The second-order valence-electron chi connectivity index (χ2n) is 2.13. The van der Waals surface area contributed by atoms with Gasteiger partial charge in [0.1, 0.15) is 12.0 Å². The molecule has 0 saturated heterocycles. The van der Waals surface area contributed by atoms with Gasteiger partial charge in [-0.25, -0.2) is 9.97 Å². The number of aromatic nitrogens is 2. The molecule has 1 heterocycles. The molecule has 5 nitrogen and oxygen atoms in total. The van der Waals surface area contributed by atoms with Crippen LogP contribution in [0.5, 0.6) is 5.75 Å². The molecule has 0 atom stereocenters. The molecule has 0 aliphatic heterocycles. The van der Waals surface area contributed by atoms with Gasteiger partial charge in [-0.3, -0.25) is 0 Å². The number of hydrogen-bond donors (Lipinski definition) is 0. The molecule has 0 radical (unpaired) electrons. The van der Waals surface area contributed by atoms with Crippen LogP contribution in [0.25, 0.3) is 0 Å². The van der Waals surface area contributed by atoms with E-state index in [-0.39, 0.29) is 30.3 Å². The van der Waals surface area contributed by atoms with Gasteiger partial charge >= 0.3 is 18.9 Å². The molecule has 1 rings (SSSR count). The van der Waals surface area contributed by atoms with E-state index < -0.39 is 5.97 Å². The van der Waals surface area contributed by atoms with E-state index >= 15 is 0 Å². The normalized spacial score (nSPS) is 8.77. The average Bonchev–Trinajstić information content (AvgIpc) is 2.03. The fourth-order valence-corrected chi connectivity index (χ4v) is 0.852. The van der Waals surface area contributed by atoms with Crippen LogP contribution in [0.4, 0.5) is 0 Å². The van der Waals surface area contributed by atoms with Crippen LogP contribution in [0.15, 0.2) is 6.33 Å². The van der Waals surface area contributed by atoms with E-state index in [0.29, 0.717) is 5.69 Å². The van der Waals surface area contributed by atoms with Gasteiger partial charge in [-0.2, -0.15) is 0 Å². The summed E-state index contributed by atoms with van der Waals surface area (Å²) in [5, 5.41) is 10.5. The van der Waals surface area contributed by atoms with Crippen LogP contribution in [0.1, 0.15) is 16.2 Å². The van der Waals surface area contributed by atoms with Gasteiger partial charge in [-0.15, -0.1) is 0 Å². The molecule has 0 spiro atoms. The van der Waals surface area contributed by atoms with Gasteiger partial charge < -0.3 is 14.6 Å². The van der Waals surface area contributed by atoms with Crippen molar-refractivity contribution in [2.45, 2.75) is 6.92 Å². The van der Waals surface area contributed by atoms with E-state index in [1.54, 1.807) is 6.92 Å². The summed E-state index contributed by atoms with van der Waals surface area (Å²) in [6.45, 7) is 1.63. The van der Waals surface area contributed by atoms with Gasteiger partial charge in [0, 0.05) is 0 Å². The van der Waals surface area contributed by atoms with Gasteiger partial charge in [0.25, 0.3) is 0 Å². The predicted molar refractivity (Wildman–Crippen MR) is 37.7 cm³/mol. The number of carboxylic acids is 1. The largest absolute Gasteiger partial charge is 1.00 e. The third-order valence-corrected chi connectivity index (χ3v) is 1.38. The van der Waals surface area contributed by atoms with Crippen LogP contribution in [0.2, 0.25) is 0 Å². The molecular weight excluding hydrogens is 167 g/mol. The van der Waals surface area contributed by atoms with Crippen LogP contribution in [-0.2, 0) is 0 Å². The topological polar surface area (TPSA) is 75.1 Å². The van der Waals surface area contributed by atoms with Gasteiger partial charge in [0.2, 0.25) is 0 Å². The van der Waals surface area contributed by atoms with Crippen LogP contribution in [-0.4, -0.2) is 23.0 Å². The van der Waals surface area contributed by atoms with E-state index in [4.69, 9.17) is 4.74 Å². The Bertz CT molecular complexity index is 317. The first-order valence-corrected chi connectivity index (χ1v) is 3.23. The van der Waals surface area contributed by atoms with Crippen molar-refractivity contribution in [2.24, 2.45) is 0 Å². The van der Waals surface area contributed by atoms with Crippen molar-refractivity contribution in [1.29, 1.82) is 0 Å². The molecule has 0 bridgehead atoms. The van der Waals surface area contributed by atoms with Crippen molar-refractivity contribution >= 4 is 5.97 Å². The third-order valence-electron chi connectivity index (χ3n) is 1.38. The fourth-order valence-electron chi connectivity index (χ4n) is 0.852. The summed E-state index contributed by atoms with van der Waals surface area (Å²) in [7, 11) is 1.36. The second kappa shape index (κ2) is 4.85. The molecule has 0 saturated carbocycles. The van der Waals surface area contributed by atoms with Crippen molar-refractivity contribution in [2.75, 3.05) is 7.11 Å². The zero-order valence-corrected chi connectivity index (χ0v) is 7.70. The van der Waals surface area contributed by atoms with E-state index in [9.17, 15) is 9.90 Å². The van der Waals surface area contributed by atoms with Crippen molar-refractivity contribution in [3.05, 3.63) is 17.7 Å². The monoisotopic (exact) mass is 174 g/mol. The van der Waals surface area contributed by atoms with E-state index in [1.807, 2.05) is 0 Å². The molecular formula is C7H7LiN2O3. The SMILES string of the molecule is COc1c(C)ncnc1C(=O)[O-].[Li+]. The Morgan fingerprint density at radius 1 is 1.54 bits per heavy atom. The van der Waals surface area contributed by atoms with E-state index in [1.165, 1.54) is 7.11 Å². The van der Waals surface area contributed by atoms with Gasteiger partial charge in [0.15, 0.2) is 5.75 Å². The number of carbonyl (C=O) groups is 1. The number of methoxy groups -OCH3 is 1. The molecule has 13 heavy (non-hydrogen) atoms. The Hall–Kier alpha value is -1.05. The molecule has 0 N–H and O–H groups in total. The minimum Gasteiger partial charge on any atom is -0.543 e. The average molecular weight is 174 g/mol. The van der Waals surface area contributed by atoms with Gasteiger partial charge in [-0.1, -0.05) is 0 Å². The van der Waals surface area contributed by atoms with Crippen LogP contribution in [0.3, 0.4) is 0 Å². The first-order valence-electron chi connectivity index (χ1n) is 3.23. The first-order chi connectivity index (χ1) is 5.66. The molecule has 0 amide bonds. The number of aryl methyl sites for hydroxylation is 1. The Kier molecular flexibility index (Phi) is 4.46. The standard InChI is InChI=1S/C7H8N2O3.Li/c1-4-6(12-2)5(7(10)11)9-3-8-4;/h3H,1-2H3,(H,10,11);/q;+1/p-1. The number of carbonyl (C=O) groups excluding carboxylic acids is 1. The molecule has 64 valence electrons. The molecule has 0 aromatic carbocycles. The number of rotatable bonds is 2. The minimum atomic E-state index is -1.36. The minimum absolute atomic E-state index is 0. The Morgan fingerprint density at radius 2 is 2.15 bits per heavy atom. The van der Waals surface area contributed by atoms with Crippen molar-refractivity contribution < 1.29 is 33.5 Å². The maximum absolute atomic E-state index is 10.5. The summed E-state index contributed by atoms with van der Waals surface area (Å²) in [4.78, 5) is 17.7. The van der Waals surface area contributed by atoms with Crippen molar-refractivity contribution in [3.63, 3.8) is 0 Å². The van der Waals surface area contributed by atoms with E-state index in [0.717, 1.165) is 6.33 Å². The molecule has 0 unspecified atom stereocenters. The van der Waals surface area contributed by atoms with Gasteiger partial charge in [0.05, 0.1) is 18.8 Å². The molecule has 0 aliphatic carbocycles. The third kappa shape index (κ3) is 2.44. The van der Waals surface area contributed by atoms with E-state index in [2.05, 4.69) is 9.97 Å². The summed E-state index contributed by atoms with van der Waals surface area (Å²) < 4.78 is 4.79. The maximum atomic E-state index is 10.5. The Labute approximate surface area is 87.3 Å². The maximum Gasteiger partial charge on any atom is 1.00 e. The van der Waals surface area contributed by atoms with Crippen molar-refractivity contribution in [1.82, 2.24) is 9.97 Å². The summed E-state index contributed by atoms with van der Waals surface area (Å²) in [5.74, 6) is -1.21. The number of aromatic carboxylic acids is 1. The zero-order chi connectivity index (χ0) is 9.14. The van der Waals surface area contributed by atoms with Crippen LogP contribution < -0.4 is 28.7 Å².